The molecule has 2 aromatic carbocycles. The molecule has 3 aromatic rings. The Kier molecular flexibility index (Phi) is 7.39. The van der Waals surface area contributed by atoms with Crippen LogP contribution in [0, 0.1) is 11.3 Å². The van der Waals surface area contributed by atoms with E-state index in [1.165, 1.54) is 6.20 Å². The SMILES string of the molecule is COc1cc2c(cc1OC)[C@@H]1[C@@H]3Cc4cc(OC)c(OC)cc4[C@H](COC(=O)c4cccnc4)N3[C@@H](C#N)[C@H](C2)N1C. The minimum Gasteiger partial charge on any atom is -0.493 e. The third kappa shape index (κ3) is 4.40. The highest BCUT2D eigenvalue weighted by molar-refractivity contribution is 5.88. The van der Waals surface area contributed by atoms with Crippen LogP contribution in [0.3, 0.4) is 0 Å². The summed E-state index contributed by atoms with van der Waals surface area (Å²) in [7, 11) is 8.59. The third-order valence-electron chi connectivity index (χ3n) is 8.98. The van der Waals surface area contributed by atoms with Crippen LogP contribution in [0.5, 0.6) is 23.0 Å². The molecule has 5 atom stereocenters. The highest BCUT2D eigenvalue weighted by atomic mass is 16.5. The Hall–Kier alpha value is -4.33. The largest absolute Gasteiger partial charge is 0.493 e. The topological polar surface area (TPSA) is 106 Å². The zero-order chi connectivity index (χ0) is 29.5. The van der Waals surface area contributed by atoms with Crippen molar-refractivity contribution in [3.05, 3.63) is 76.6 Å². The van der Waals surface area contributed by atoms with Gasteiger partial charge in [-0.2, -0.15) is 5.26 Å². The maximum Gasteiger partial charge on any atom is 0.339 e. The number of ether oxygens (including phenoxy) is 5. The van der Waals surface area contributed by atoms with E-state index in [4.69, 9.17) is 23.7 Å². The molecule has 0 saturated carbocycles. The Bertz CT molecular complexity index is 1540. The van der Waals surface area contributed by atoms with Gasteiger partial charge in [0.05, 0.1) is 52.2 Å². The molecule has 3 aliphatic heterocycles. The lowest BCUT2D eigenvalue weighted by Gasteiger charge is -2.59. The number of nitriles is 1. The molecule has 0 aliphatic carbocycles. The zero-order valence-corrected chi connectivity index (χ0v) is 24.4. The molecular formula is C32H34N4O6. The standard InChI is InChI=1S/C32H34N4O6/c1-35-23-9-20-12-28(39-3)30(41-5)14-22(20)31(35)24-10-19-11-27(38-2)29(40-4)13-21(19)26(36(24)25(23)15-33)17-42-32(37)18-7-6-8-34-16-18/h6-8,11-14,16,23-26,31H,9-10,17H2,1-5H3/t23-,24-,25-,26-,31+/m0/s1. The minimum absolute atomic E-state index is 0.0408. The molecule has 1 aromatic heterocycles. The van der Waals surface area contributed by atoms with Gasteiger partial charge in [-0.05, 0) is 78.5 Å². The van der Waals surface area contributed by atoms with E-state index in [0.717, 1.165) is 22.3 Å². The number of nitrogens with zero attached hydrogens (tertiary/aromatic N) is 4. The van der Waals surface area contributed by atoms with Gasteiger partial charge in [0.25, 0.3) is 0 Å². The van der Waals surface area contributed by atoms with Crippen molar-refractivity contribution in [3.8, 4) is 29.1 Å². The summed E-state index contributed by atoms with van der Waals surface area (Å²) in [6.45, 7) is 0.0623. The van der Waals surface area contributed by atoms with E-state index in [-0.39, 0.29) is 30.8 Å². The molecule has 10 heteroatoms. The summed E-state index contributed by atoms with van der Waals surface area (Å²) in [4.78, 5) is 21.7. The second-order valence-electron chi connectivity index (χ2n) is 10.8. The molecule has 4 heterocycles. The number of hydrogen-bond acceptors (Lipinski definition) is 10. The maximum atomic E-state index is 13.1. The van der Waals surface area contributed by atoms with Crippen LogP contribution < -0.4 is 18.9 Å². The lowest BCUT2D eigenvalue weighted by atomic mass is 9.72. The van der Waals surface area contributed by atoms with Crippen molar-refractivity contribution in [2.75, 3.05) is 42.1 Å². The van der Waals surface area contributed by atoms with E-state index < -0.39 is 12.0 Å². The molecule has 218 valence electrons. The summed E-state index contributed by atoms with van der Waals surface area (Å²) in [5.41, 5.74) is 4.69. The van der Waals surface area contributed by atoms with Crippen molar-refractivity contribution >= 4 is 5.97 Å². The van der Waals surface area contributed by atoms with Gasteiger partial charge in [0.15, 0.2) is 23.0 Å². The van der Waals surface area contributed by atoms with E-state index in [9.17, 15) is 10.1 Å². The van der Waals surface area contributed by atoms with E-state index in [0.29, 0.717) is 41.4 Å². The molecule has 6 rings (SSSR count). The fourth-order valence-corrected chi connectivity index (χ4v) is 7.07. The van der Waals surface area contributed by atoms with Crippen molar-refractivity contribution in [1.82, 2.24) is 14.8 Å². The fourth-order valence-electron chi connectivity index (χ4n) is 7.07. The van der Waals surface area contributed by atoms with Gasteiger partial charge in [-0.15, -0.1) is 0 Å². The lowest BCUT2D eigenvalue weighted by Crippen LogP contribution is -2.68. The Morgan fingerprint density at radius 1 is 0.929 bits per heavy atom. The van der Waals surface area contributed by atoms with Gasteiger partial charge < -0.3 is 23.7 Å². The van der Waals surface area contributed by atoms with E-state index in [1.807, 2.05) is 18.2 Å². The van der Waals surface area contributed by atoms with Gasteiger partial charge in [-0.3, -0.25) is 14.8 Å². The average Bonchev–Trinajstić information content (AvgIpc) is 3.02. The Morgan fingerprint density at radius 3 is 2.12 bits per heavy atom. The first-order valence-corrected chi connectivity index (χ1v) is 13.9. The van der Waals surface area contributed by atoms with Crippen LogP contribution in [0.15, 0.2) is 48.8 Å². The Balaban J connectivity index is 1.48. The van der Waals surface area contributed by atoms with Crippen molar-refractivity contribution in [1.29, 1.82) is 5.26 Å². The Labute approximate surface area is 245 Å². The van der Waals surface area contributed by atoms with Gasteiger partial charge in [0, 0.05) is 24.5 Å². The first-order chi connectivity index (χ1) is 20.4. The van der Waals surface area contributed by atoms with Crippen LogP contribution in [-0.2, 0) is 17.6 Å². The Morgan fingerprint density at radius 2 is 1.52 bits per heavy atom. The van der Waals surface area contributed by atoms with E-state index >= 15 is 0 Å². The van der Waals surface area contributed by atoms with Crippen LogP contribution in [0.25, 0.3) is 0 Å². The predicted molar refractivity (Wildman–Crippen MR) is 153 cm³/mol. The number of esters is 1. The summed E-state index contributed by atoms with van der Waals surface area (Å²) in [5.74, 6) is 2.10. The molecule has 0 N–H and O–H groups in total. The van der Waals surface area contributed by atoms with Crippen molar-refractivity contribution in [3.63, 3.8) is 0 Å². The number of benzene rings is 2. The molecule has 0 radical (unpaired) electrons. The quantitative estimate of drug-likeness (QED) is 0.390. The molecule has 2 bridgehead atoms. The number of methoxy groups -OCH3 is 4. The summed E-state index contributed by atoms with van der Waals surface area (Å²) < 4.78 is 28.6. The van der Waals surface area contributed by atoms with Crippen molar-refractivity contribution < 1.29 is 28.5 Å². The van der Waals surface area contributed by atoms with E-state index in [2.05, 4.69) is 34.0 Å². The second-order valence-corrected chi connectivity index (χ2v) is 10.8. The zero-order valence-electron chi connectivity index (χ0n) is 24.4. The number of carbonyl (C=O) groups is 1. The van der Waals surface area contributed by atoms with Crippen LogP contribution in [0.2, 0.25) is 0 Å². The summed E-state index contributed by atoms with van der Waals surface area (Å²) >= 11 is 0. The molecule has 0 spiro atoms. The normalized spacial score (nSPS) is 24.3. The summed E-state index contributed by atoms with van der Waals surface area (Å²) in [5, 5.41) is 10.7. The predicted octanol–water partition coefficient (Wildman–Crippen LogP) is 3.74. The van der Waals surface area contributed by atoms with Crippen molar-refractivity contribution in [2.24, 2.45) is 0 Å². The second kappa shape index (κ2) is 11.2. The molecular weight excluding hydrogens is 536 g/mol. The van der Waals surface area contributed by atoms with Crippen LogP contribution in [0.1, 0.15) is 44.7 Å². The number of likely N-dealkylation sites (N-methyl/N-ethyl adjacent to an activating group) is 1. The number of rotatable bonds is 7. The summed E-state index contributed by atoms with van der Waals surface area (Å²) in [6, 6.07) is 13.0. The van der Waals surface area contributed by atoms with Crippen LogP contribution in [-0.4, -0.2) is 81.0 Å². The third-order valence-corrected chi connectivity index (χ3v) is 8.98. The molecule has 1 saturated heterocycles. The van der Waals surface area contributed by atoms with Crippen molar-refractivity contribution in [2.45, 2.75) is 43.1 Å². The summed E-state index contributed by atoms with van der Waals surface area (Å²) in [6.07, 6.45) is 4.44. The molecule has 42 heavy (non-hydrogen) atoms. The number of piperazine rings is 1. The number of carbonyl (C=O) groups excluding carboxylic acids is 1. The smallest absolute Gasteiger partial charge is 0.339 e. The van der Waals surface area contributed by atoms with Gasteiger partial charge in [-0.1, -0.05) is 0 Å². The monoisotopic (exact) mass is 570 g/mol. The minimum atomic E-state index is -0.461. The highest BCUT2D eigenvalue weighted by Gasteiger charge is 2.54. The first kappa shape index (κ1) is 27.8. The van der Waals surface area contributed by atoms with Crippen LogP contribution in [0.4, 0.5) is 0 Å². The maximum absolute atomic E-state index is 13.1. The molecule has 10 nitrogen and oxygen atoms in total. The number of pyridine rings is 1. The average molecular weight is 571 g/mol. The van der Waals surface area contributed by atoms with Gasteiger partial charge in [0.2, 0.25) is 0 Å². The van der Waals surface area contributed by atoms with Crippen LogP contribution >= 0.6 is 0 Å². The van der Waals surface area contributed by atoms with Gasteiger partial charge in [0.1, 0.15) is 12.6 Å². The van der Waals surface area contributed by atoms with E-state index in [1.54, 1.807) is 46.8 Å². The molecule has 0 unspecified atom stereocenters. The fraction of sp³-hybridized carbons (Fsp3) is 0.406. The number of fused-ring (bicyclic) bond motifs is 7. The first-order valence-electron chi connectivity index (χ1n) is 13.9. The van der Waals surface area contributed by atoms with Gasteiger partial charge in [-0.25, -0.2) is 4.79 Å². The highest BCUT2D eigenvalue weighted by Crippen LogP contribution is 2.52. The van der Waals surface area contributed by atoms with Gasteiger partial charge >= 0.3 is 5.97 Å². The molecule has 1 fully saturated rings. The number of hydrogen-bond donors (Lipinski definition) is 0. The lowest BCUT2D eigenvalue weighted by molar-refractivity contribution is -0.0832. The molecule has 0 amide bonds. The number of aromatic nitrogens is 1. The molecule has 3 aliphatic rings.